The summed E-state index contributed by atoms with van der Waals surface area (Å²) in [5.74, 6) is 0.975. The SMILES string of the molecule is Cc1nccn1CCCNC(=O)c1ccc2c(c1)CNCCCCCCCN2C(=O)C(C)C. The topological polar surface area (TPSA) is 79.3 Å². The van der Waals surface area contributed by atoms with Crippen LogP contribution in [0, 0.1) is 12.8 Å². The third kappa shape index (κ3) is 7.16. The predicted molar refractivity (Wildman–Crippen MR) is 132 cm³/mol. The Kier molecular flexibility index (Phi) is 9.48. The van der Waals surface area contributed by atoms with Gasteiger partial charge in [-0.3, -0.25) is 9.59 Å². The number of rotatable bonds is 6. The Morgan fingerprint density at radius 2 is 1.94 bits per heavy atom. The average Bonchev–Trinajstić information content (AvgIpc) is 3.21. The highest BCUT2D eigenvalue weighted by molar-refractivity contribution is 5.98. The summed E-state index contributed by atoms with van der Waals surface area (Å²) >= 11 is 0. The number of amides is 2. The standard InChI is InChI=1S/C26H39N5O2/c1-20(2)26(33)31-16-8-6-4-5-7-12-27-19-23-18-22(10-11-24(23)31)25(32)29-13-9-15-30-17-14-28-21(30)3/h10-11,14,17-18,20,27H,4-9,12-13,15-16,19H2,1-3H3,(H,29,32). The molecule has 0 saturated heterocycles. The molecule has 1 aromatic heterocycles. The maximum absolute atomic E-state index is 13.0. The van der Waals surface area contributed by atoms with Crippen LogP contribution in [0.1, 0.15) is 74.1 Å². The first-order chi connectivity index (χ1) is 16.0. The van der Waals surface area contributed by atoms with Crippen LogP contribution in [-0.4, -0.2) is 41.0 Å². The van der Waals surface area contributed by atoms with E-state index in [1.165, 1.54) is 12.8 Å². The Hall–Kier alpha value is -2.67. The number of fused-ring (bicyclic) bond motifs is 1. The smallest absolute Gasteiger partial charge is 0.251 e. The quantitative estimate of drug-likeness (QED) is 0.647. The first kappa shape index (κ1) is 25.0. The zero-order valence-corrected chi connectivity index (χ0v) is 20.4. The lowest BCUT2D eigenvalue weighted by atomic mass is 10.0. The molecule has 2 N–H and O–H groups in total. The number of aryl methyl sites for hydroxylation is 2. The fourth-order valence-corrected chi connectivity index (χ4v) is 4.26. The molecule has 1 aliphatic rings. The van der Waals surface area contributed by atoms with Crippen molar-refractivity contribution in [3.63, 3.8) is 0 Å². The van der Waals surface area contributed by atoms with Gasteiger partial charge in [-0.25, -0.2) is 4.98 Å². The Morgan fingerprint density at radius 1 is 1.15 bits per heavy atom. The Labute approximate surface area is 198 Å². The minimum absolute atomic E-state index is 0.0687. The largest absolute Gasteiger partial charge is 0.352 e. The lowest BCUT2D eigenvalue weighted by Crippen LogP contribution is -2.36. The highest BCUT2D eigenvalue weighted by Gasteiger charge is 2.22. The molecule has 7 nitrogen and oxygen atoms in total. The van der Waals surface area contributed by atoms with Crippen molar-refractivity contribution in [3.05, 3.63) is 47.5 Å². The summed E-state index contributed by atoms with van der Waals surface area (Å²) < 4.78 is 2.08. The highest BCUT2D eigenvalue weighted by Crippen LogP contribution is 2.25. The maximum Gasteiger partial charge on any atom is 0.251 e. The van der Waals surface area contributed by atoms with Gasteiger partial charge >= 0.3 is 0 Å². The number of nitrogens with one attached hydrogen (secondary N) is 2. The van der Waals surface area contributed by atoms with Crippen LogP contribution in [0.25, 0.3) is 0 Å². The van der Waals surface area contributed by atoms with Gasteiger partial charge < -0.3 is 20.1 Å². The van der Waals surface area contributed by atoms with E-state index in [1.54, 1.807) is 6.20 Å². The normalized spacial score (nSPS) is 15.5. The van der Waals surface area contributed by atoms with Crippen molar-refractivity contribution in [2.24, 2.45) is 5.92 Å². The monoisotopic (exact) mass is 453 g/mol. The first-order valence-electron chi connectivity index (χ1n) is 12.4. The predicted octanol–water partition coefficient (Wildman–Crippen LogP) is 4.05. The molecule has 1 aliphatic heterocycles. The molecule has 0 atom stereocenters. The van der Waals surface area contributed by atoms with E-state index >= 15 is 0 Å². The van der Waals surface area contributed by atoms with Gasteiger partial charge in [0, 0.05) is 55.7 Å². The van der Waals surface area contributed by atoms with Crippen LogP contribution >= 0.6 is 0 Å². The Morgan fingerprint density at radius 3 is 2.70 bits per heavy atom. The van der Waals surface area contributed by atoms with Crippen LogP contribution in [0.15, 0.2) is 30.6 Å². The zero-order chi connectivity index (χ0) is 23.6. The minimum atomic E-state index is -0.0759. The van der Waals surface area contributed by atoms with Gasteiger partial charge in [-0.05, 0) is 56.5 Å². The number of hydrogen-bond acceptors (Lipinski definition) is 4. The van der Waals surface area contributed by atoms with Crippen molar-refractivity contribution >= 4 is 17.5 Å². The molecule has 0 saturated carbocycles. The summed E-state index contributed by atoms with van der Waals surface area (Å²) in [6, 6.07) is 5.75. The molecule has 7 heteroatoms. The number of anilines is 1. The van der Waals surface area contributed by atoms with E-state index in [-0.39, 0.29) is 17.7 Å². The summed E-state index contributed by atoms with van der Waals surface area (Å²) in [5.41, 5.74) is 2.57. The van der Waals surface area contributed by atoms with Gasteiger partial charge in [0.15, 0.2) is 0 Å². The number of carbonyl (C=O) groups is 2. The van der Waals surface area contributed by atoms with Crippen molar-refractivity contribution in [2.75, 3.05) is 24.5 Å². The first-order valence-corrected chi connectivity index (χ1v) is 12.4. The Balaban J connectivity index is 1.72. The van der Waals surface area contributed by atoms with Gasteiger partial charge in [0.2, 0.25) is 5.91 Å². The van der Waals surface area contributed by atoms with E-state index in [2.05, 4.69) is 20.2 Å². The molecule has 0 spiro atoms. The number of hydrogen-bond donors (Lipinski definition) is 2. The molecule has 2 aromatic rings. The summed E-state index contributed by atoms with van der Waals surface area (Å²) in [6.45, 7) is 9.62. The molecule has 2 heterocycles. The minimum Gasteiger partial charge on any atom is -0.352 e. The van der Waals surface area contributed by atoms with Crippen LogP contribution in [-0.2, 0) is 17.9 Å². The van der Waals surface area contributed by atoms with Gasteiger partial charge in [0.1, 0.15) is 5.82 Å². The molecule has 0 radical (unpaired) electrons. The van der Waals surface area contributed by atoms with Gasteiger partial charge in [0.05, 0.1) is 0 Å². The van der Waals surface area contributed by atoms with Gasteiger partial charge in [0.25, 0.3) is 5.91 Å². The number of nitrogens with zero attached hydrogens (tertiary/aromatic N) is 3. The molecule has 0 bridgehead atoms. The van der Waals surface area contributed by atoms with Crippen molar-refractivity contribution in [1.29, 1.82) is 0 Å². The fraction of sp³-hybridized carbons (Fsp3) is 0.577. The molecule has 0 unspecified atom stereocenters. The van der Waals surface area contributed by atoms with E-state index in [9.17, 15) is 9.59 Å². The molecular weight excluding hydrogens is 414 g/mol. The fourth-order valence-electron chi connectivity index (χ4n) is 4.26. The van der Waals surface area contributed by atoms with E-state index < -0.39 is 0 Å². The van der Waals surface area contributed by atoms with E-state index in [4.69, 9.17) is 0 Å². The van der Waals surface area contributed by atoms with Gasteiger partial charge in [-0.2, -0.15) is 0 Å². The van der Waals surface area contributed by atoms with E-state index in [1.807, 2.05) is 50.1 Å². The van der Waals surface area contributed by atoms with Crippen molar-refractivity contribution in [3.8, 4) is 0 Å². The molecule has 1 aromatic carbocycles. The maximum atomic E-state index is 13.0. The lowest BCUT2D eigenvalue weighted by Gasteiger charge is -2.28. The molecular formula is C26H39N5O2. The zero-order valence-electron chi connectivity index (χ0n) is 20.4. The number of aromatic nitrogens is 2. The van der Waals surface area contributed by atoms with Crippen LogP contribution < -0.4 is 15.5 Å². The number of benzene rings is 1. The molecule has 0 fully saturated rings. The van der Waals surface area contributed by atoms with Crippen LogP contribution in [0.3, 0.4) is 0 Å². The summed E-state index contributed by atoms with van der Waals surface area (Å²) in [7, 11) is 0. The molecule has 3 rings (SSSR count). The average molecular weight is 454 g/mol. The second kappa shape index (κ2) is 12.5. The van der Waals surface area contributed by atoms with E-state index in [0.717, 1.165) is 62.4 Å². The summed E-state index contributed by atoms with van der Waals surface area (Å²) in [4.78, 5) is 32.0. The van der Waals surface area contributed by atoms with Gasteiger partial charge in [-0.15, -0.1) is 0 Å². The second-order valence-electron chi connectivity index (χ2n) is 9.21. The van der Waals surface area contributed by atoms with Gasteiger partial charge in [-0.1, -0.05) is 33.1 Å². The summed E-state index contributed by atoms with van der Waals surface area (Å²) in [5, 5.41) is 6.54. The van der Waals surface area contributed by atoms with Crippen LogP contribution in [0.5, 0.6) is 0 Å². The van der Waals surface area contributed by atoms with Crippen molar-refractivity contribution < 1.29 is 9.59 Å². The van der Waals surface area contributed by atoms with Crippen molar-refractivity contribution in [1.82, 2.24) is 20.2 Å². The summed E-state index contributed by atoms with van der Waals surface area (Å²) in [6.07, 6.45) is 10.3. The van der Waals surface area contributed by atoms with Crippen LogP contribution in [0.4, 0.5) is 5.69 Å². The third-order valence-corrected chi connectivity index (χ3v) is 6.23. The molecule has 0 aliphatic carbocycles. The van der Waals surface area contributed by atoms with E-state index in [0.29, 0.717) is 18.7 Å². The Bertz CT molecular complexity index is 921. The highest BCUT2D eigenvalue weighted by atomic mass is 16.2. The third-order valence-electron chi connectivity index (χ3n) is 6.23. The number of carbonyl (C=O) groups excluding carboxylic acids is 2. The lowest BCUT2D eigenvalue weighted by molar-refractivity contribution is -0.121. The second-order valence-corrected chi connectivity index (χ2v) is 9.21. The van der Waals surface area contributed by atoms with Crippen molar-refractivity contribution in [2.45, 2.75) is 72.4 Å². The molecule has 2 amide bonds. The molecule has 33 heavy (non-hydrogen) atoms. The van der Waals surface area contributed by atoms with Crippen LogP contribution in [0.2, 0.25) is 0 Å². The molecule has 180 valence electrons. The number of imidazole rings is 1.